The normalized spacial score (nSPS) is 13.8. The second-order valence-electron chi connectivity index (χ2n) is 6.14. The van der Waals surface area contributed by atoms with Gasteiger partial charge in [-0.15, -0.1) is 0 Å². The van der Waals surface area contributed by atoms with Crippen molar-refractivity contribution in [3.63, 3.8) is 0 Å². The van der Waals surface area contributed by atoms with Crippen LogP contribution in [0.5, 0.6) is 0 Å². The van der Waals surface area contributed by atoms with Gasteiger partial charge in [0.05, 0.1) is 5.56 Å². The molecule has 0 bridgehead atoms. The molecule has 1 aromatic heterocycles. The van der Waals surface area contributed by atoms with Gasteiger partial charge in [0.1, 0.15) is 0 Å². The third-order valence-corrected chi connectivity index (χ3v) is 4.54. The first-order valence-electron chi connectivity index (χ1n) is 8.94. The van der Waals surface area contributed by atoms with E-state index in [1.165, 1.54) is 12.8 Å². The van der Waals surface area contributed by atoms with E-state index in [-0.39, 0.29) is 5.91 Å². The van der Waals surface area contributed by atoms with Gasteiger partial charge in [-0.25, -0.2) is 9.97 Å². The molecular formula is C19H25N5O. The minimum Gasteiger partial charge on any atom is -0.372 e. The highest BCUT2D eigenvalue weighted by molar-refractivity contribution is 6.03. The first kappa shape index (κ1) is 17.2. The lowest BCUT2D eigenvalue weighted by Crippen LogP contribution is -2.22. The highest BCUT2D eigenvalue weighted by Gasteiger charge is 2.15. The maximum atomic E-state index is 12.4. The van der Waals surface area contributed by atoms with E-state index in [0.717, 1.165) is 37.6 Å². The first-order chi connectivity index (χ1) is 12.2. The van der Waals surface area contributed by atoms with Gasteiger partial charge >= 0.3 is 0 Å². The van der Waals surface area contributed by atoms with E-state index in [1.54, 1.807) is 12.4 Å². The number of amides is 1. The Bertz CT molecular complexity index is 689. The summed E-state index contributed by atoms with van der Waals surface area (Å²) in [5.41, 5.74) is 2.39. The second-order valence-corrected chi connectivity index (χ2v) is 6.14. The molecular weight excluding hydrogens is 314 g/mol. The van der Waals surface area contributed by atoms with Gasteiger partial charge in [-0.1, -0.05) is 0 Å². The topological polar surface area (TPSA) is 61.4 Å². The molecule has 6 nitrogen and oxygen atoms in total. The Labute approximate surface area is 148 Å². The van der Waals surface area contributed by atoms with Crippen LogP contribution >= 0.6 is 0 Å². The fourth-order valence-corrected chi connectivity index (χ4v) is 3.07. The molecule has 1 N–H and O–H groups in total. The Morgan fingerprint density at radius 3 is 2.24 bits per heavy atom. The number of benzene rings is 1. The monoisotopic (exact) mass is 339 g/mol. The Kier molecular flexibility index (Phi) is 5.48. The third-order valence-electron chi connectivity index (χ3n) is 4.54. The number of nitrogens with one attached hydrogen (secondary N) is 1. The van der Waals surface area contributed by atoms with Crippen molar-refractivity contribution in [2.24, 2.45) is 0 Å². The SMILES string of the molecule is CCN(CC)c1ccc(NC(=O)c2cnc(N3CCCC3)nc2)cc1. The zero-order chi connectivity index (χ0) is 17.6. The lowest BCUT2D eigenvalue weighted by molar-refractivity contribution is 0.102. The van der Waals surface area contributed by atoms with Gasteiger partial charge in [0, 0.05) is 49.9 Å². The molecule has 25 heavy (non-hydrogen) atoms. The van der Waals surface area contributed by atoms with Crippen LogP contribution < -0.4 is 15.1 Å². The van der Waals surface area contributed by atoms with Crippen molar-refractivity contribution >= 4 is 23.2 Å². The van der Waals surface area contributed by atoms with Crippen molar-refractivity contribution in [3.8, 4) is 0 Å². The maximum absolute atomic E-state index is 12.4. The molecule has 0 aliphatic carbocycles. The van der Waals surface area contributed by atoms with Crippen LogP contribution in [0.3, 0.4) is 0 Å². The van der Waals surface area contributed by atoms with Gasteiger partial charge in [-0.05, 0) is 51.0 Å². The minimum absolute atomic E-state index is 0.191. The quantitative estimate of drug-likeness (QED) is 0.876. The summed E-state index contributed by atoms with van der Waals surface area (Å²) in [6, 6.07) is 7.89. The van der Waals surface area contributed by atoms with E-state index in [2.05, 4.69) is 38.9 Å². The van der Waals surface area contributed by atoms with Crippen LogP contribution in [0.1, 0.15) is 37.0 Å². The van der Waals surface area contributed by atoms with Gasteiger partial charge in [-0.2, -0.15) is 0 Å². The van der Waals surface area contributed by atoms with Crippen LogP contribution in [0.2, 0.25) is 0 Å². The molecule has 0 spiro atoms. The molecule has 1 aromatic carbocycles. The number of carbonyl (C=O) groups is 1. The standard InChI is InChI=1S/C19H25N5O/c1-3-23(4-2)17-9-7-16(8-10-17)22-18(25)15-13-20-19(21-14-15)24-11-5-6-12-24/h7-10,13-14H,3-6,11-12H2,1-2H3,(H,22,25). The van der Waals surface area contributed by atoms with Crippen molar-refractivity contribution in [3.05, 3.63) is 42.2 Å². The summed E-state index contributed by atoms with van der Waals surface area (Å²) >= 11 is 0. The highest BCUT2D eigenvalue weighted by atomic mass is 16.1. The Morgan fingerprint density at radius 2 is 1.68 bits per heavy atom. The Balaban J connectivity index is 1.63. The maximum Gasteiger partial charge on any atom is 0.258 e. The molecule has 2 aromatic rings. The van der Waals surface area contributed by atoms with E-state index in [0.29, 0.717) is 11.5 Å². The van der Waals surface area contributed by atoms with E-state index in [1.807, 2.05) is 24.3 Å². The molecule has 0 radical (unpaired) electrons. The minimum atomic E-state index is -0.191. The van der Waals surface area contributed by atoms with Crippen molar-refractivity contribution in [2.75, 3.05) is 41.3 Å². The van der Waals surface area contributed by atoms with E-state index < -0.39 is 0 Å². The molecule has 1 aliphatic rings. The second kappa shape index (κ2) is 7.96. The number of aromatic nitrogens is 2. The van der Waals surface area contributed by atoms with Crippen LogP contribution in [0.4, 0.5) is 17.3 Å². The average Bonchev–Trinajstić information content (AvgIpc) is 3.19. The largest absolute Gasteiger partial charge is 0.372 e. The molecule has 0 atom stereocenters. The number of nitrogens with zero attached hydrogens (tertiary/aromatic N) is 4. The fraction of sp³-hybridized carbons (Fsp3) is 0.421. The summed E-state index contributed by atoms with van der Waals surface area (Å²) in [4.78, 5) is 25.4. The molecule has 1 saturated heterocycles. The number of hydrogen-bond acceptors (Lipinski definition) is 5. The fourth-order valence-electron chi connectivity index (χ4n) is 3.07. The van der Waals surface area contributed by atoms with Crippen LogP contribution in [0, 0.1) is 0 Å². The zero-order valence-electron chi connectivity index (χ0n) is 14.9. The zero-order valence-corrected chi connectivity index (χ0v) is 14.9. The summed E-state index contributed by atoms with van der Waals surface area (Å²) < 4.78 is 0. The van der Waals surface area contributed by atoms with Crippen LogP contribution in [0.15, 0.2) is 36.7 Å². The summed E-state index contributed by atoms with van der Waals surface area (Å²) in [7, 11) is 0. The van der Waals surface area contributed by atoms with Crippen molar-refractivity contribution in [1.82, 2.24) is 9.97 Å². The van der Waals surface area contributed by atoms with Gasteiger partial charge in [-0.3, -0.25) is 4.79 Å². The number of rotatable bonds is 6. The summed E-state index contributed by atoms with van der Waals surface area (Å²) in [5.74, 6) is 0.515. The van der Waals surface area contributed by atoms with Gasteiger partial charge in [0.25, 0.3) is 5.91 Å². The number of hydrogen-bond donors (Lipinski definition) is 1. The summed E-state index contributed by atoms with van der Waals surface area (Å²) in [6.45, 7) is 8.16. The predicted molar refractivity (Wildman–Crippen MR) is 101 cm³/mol. The van der Waals surface area contributed by atoms with Crippen LogP contribution in [0.25, 0.3) is 0 Å². The predicted octanol–water partition coefficient (Wildman–Crippen LogP) is 3.18. The van der Waals surface area contributed by atoms with E-state index in [9.17, 15) is 4.79 Å². The molecule has 1 amide bonds. The van der Waals surface area contributed by atoms with Crippen LogP contribution in [-0.2, 0) is 0 Å². The van der Waals surface area contributed by atoms with E-state index >= 15 is 0 Å². The molecule has 1 aliphatic heterocycles. The van der Waals surface area contributed by atoms with Crippen molar-refractivity contribution in [1.29, 1.82) is 0 Å². The first-order valence-corrected chi connectivity index (χ1v) is 8.94. The van der Waals surface area contributed by atoms with E-state index in [4.69, 9.17) is 0 Å². The Morgan fingerprint density at radius 1 is 1.08 bits per heavy atom. The highest BCUT2D eigenvalue weighted by Crippen LogP contribution is 2.19. The molecule has 1 fully saturated rings. The van der Waals surface area contributed by atoms with Crippen LogP contribution in [-0.4, -0.2) is 42.1 Å². The molecule has 0 unspecified atom stereocenters. The summed E-state index contributed by atoms with van der Waals surface area (Å²) in [6.07, 6.45) is 5.55. The smallest absolute Gasteiger partial charge is 0.258 e. The average molecular weight is 339 g/mol. The molecule has 3 rings (SSSR count). The van der Waals surface area contributed by atoms with Crippen molar-refractivity contribution < 1.29 is 4.79 Å². The third kappa shape index (κ3) is 4.07. The Hall–Kier alpha value is -2.63. The molecule has 0 saturated carbocycles. The van der Waals surface area contributed by atoms with Crippen molar-refractivity contribution in [2.45, 2.75) is 26.7 Å². The summed E-state index contributed by atoms with van der Waals surface area (Å²) in [5, 5.41) is 2.90. The molecule has 6 heteroatoms. The lowest BCUT2D eigenvalue weighted by Gasteiger charge is -2.21. The van der Waals surface area contributed by atoms with Gasteiger partial charge < -0.3 is 15.1 Å². The number of anilines is 3. The lowest BCUT2D eigenvalue weighted by atomic mass is 10.2. The van der Waals surface area contributed by atoms with Gasteiger partial charge in [0.15, 0.2) is 0 Å². The number of carbonyl (C=O) groups excluding carboxylic acids is 1. The molecule has 132 valence electrons. The molecule has 2 heterocycles. The van der Waals surface area contributed by atoms with Gasteiger partial charge in [0.2, 0.25) is 5.95 Å².